The zero-order valence-electron chi connectivity index (χ0n) is 10.7. The largest absolute Gasteiger partial charge is 0.315 e. The van der Waals surface area contributed by atoms with Crippen LogP contribution in [0.25, 0.3) is 0 Å². The highest BCUT2D eigenvalue weighted by Crippen LogP contribution is 2.17. The van der Waals surface area contributed by atoms with Crippen LogP contribution >= 0.6 is 11.8 Å². The summed E-state index contributed by atoms with van der Waals surface area (Å²) in [5.74, 6) is 2.26. The van der Waals surface area contributed by atoms with Crippen LogP contribution in [0.4, 0.5) is 0 Å². The predicted molar refractivity (Wildman–Crippen MR) is 75.0 cm³/mol. The molecular weight excluding hydrogens is 256 g/mol. The molecule has 17 heavy (non-hydrogen) atoms. The molecule has 1 aliphatic rings. The number of hydrogen-bond donors (Lipinski definition) is 2. The second-order valence-electron chi connectivity index (χ2n) is 4.81. The summed E-state index contributed by atoms with van der Waals surface area (Å²) in [5.41, 5.74) is 0. The monoisotopic (exact) mass is 280 g/mol. The molecule has 0 amide bonds. The molecule has 0 radical (unpaired) electrons. The summed E-state index contributed by atoms with van der Waals surface area (Å²) >= 11 is 1.82. The summed E-state index contributed by atoms with van der Waals surface area (Å²) in [6.45, 7) is 5.08. The van der Waals surface area contributed by atoms with Gasteiger partial charge in [-0.1, -0.05) is 13.8 Å². The van der Waals surface area contributed by atoms with Crippen molar-refractivity contribution in [3.05, 3.63) is 0 Å². The Labute approximate surface area is 109 Å². The minimum atomic E-state index is -3.06. The van der Waals surface area contributed by atoms with E-state index < -0.39 is 10.0 Å². The molecule has 0 aromatic heterocycles. The third-order valence-corrected chi connectivity index (χ3v) is 5.35. The van der Waals surface area contributed by atoms with Crippen LogP contribution in [0, 0.1) is 0 Å². The van der Waals surface area contributed by atoms with Gasteiger partial charge in [0.1, 0.15) is 0 Å². The first kappa shape index (κ1) is 15.3. The molecular formula is C11H24N2O2S2. The maximum atomic E-state index is 11.7. The highest BCUT2D eigenvalue weighted by Gasteiger charge is 2.21. The van der Waals surface area contributed by atoms with E-state index in [1.165, 1.54) is 0 Å². The lowest BCUT2D eigenvalue weighted by atomic mass is 10.3. The molecule has 0 aromatic rings. The Hall–Kier alpha value is 0.220. The van der Waals surface area contributed by atoms with Gasteiger partial charge < -0.3 is 5.32 Å². The van der Waals surface area contributed by atoms with Gasteiger partial charge in [0.15, 0.2) is 0 Å². The van der Waals surface area contributed by atoms with Crippen molar-refractivity contribution in [2.45, 2.75) is 45.2 Å². The molecule has 0 spiro atoms. The van der Waals surface area contributed by atoms with Gasteiger partial charge >= 0.3 is 0 Å². The van der Waals surface area contributed by atoms with Crippen LogP contribution in [0.1, 0.15) is 33.1 Å². The lowest BCUT2D eigenvalue weighted by Crippen LogP contribution is -2.36. The van der Waals surface area contributed by atoms with Crippen molar-refractivity contribution in [3.63, 3.8) is 0 Å². The quantitative estimate of drug-likeness (QED) is 0.656. The van der Waals surface area contributed by atoms with Crippen molar-refractivity contribution < 1.29 is 8.42 Å². The van der Waals surface area contributed by atoms with Crippen LogP contribution in [0.15, 0.2) is 0 Å². The topological polar surface area (TPSA) is 58.2 Å². The zero-order valence-corrected chi connectivity index (χ0v) is 12.4. The van der Waals surface area contributed by atoms with E-state index in [1.807, 2.05) is 11.8 Å². The summed E-state index contributed by atoms with van der Waals surface area (Å²) in [5, 5.41) is 3.29. The fraction of sp³-hybridized carbons (Fsp3) is 1.00. The number of sulfonamides is 1. The highest BCUT2D eigenvalue weighted by molar-refractivity contribution is 7.99. The van der Waals surface area contributed by atoms with E-state index in [4.69, 9.17) is 0 Å². The number of hydrogen-bond acceptors (Lipinski definition) is 4. The number of unbranched alkanes of at least 4 members (excludes halogenated alkanes) is 1. The minimum absolute atomic E-state index is 0.166. The fourth-order valence-electron chi connectivity index (χ4n) is 1.75. The maximum absolute atomic E-state index is 11.7. The average Bonchev–Trinajstić information content (AvgIpc) is 2.68. The van der Waals surface area contributed by atoms with E-state index in [9.17, 15) is 8.42 Å². The Morgan fingerprint density at radius 1 is 1.35 bits per heavy atom. The standard InChI is InChI=1S/C11H24N2O2S2/c1-10(2)12-6-3-4-8-17(14,15)13-11-5-7-16-9-11/h10-13H,3-9H2,1-2H3. The summed E-state index contributed by atoms with van der Waals surface area (Å²) in [6, 6.07) is 0.638. The van der Waals surface area contributed by atoms with Crippen LogP contribution in [0.2, 0.25) is 0 Å². The summed E-state index contributed by atoms with van der Waals surface area (Å²) in [6.07, 6.45) is 2.62. The molecule has 4 nitrogen and oxygen atoms in total. The van der Waals surface area contributed by atoms with Crippen LogP contribution in [-0.2, 0) is 10.0 Å². The van der Waals surface area contributed by atoms with Gasteiger partial charge in [0.25, 0.3) is 0 Å². The molecule has 0 aliphatic carbocycles. The smallest absolute Gasteiger partial charge is 0.211 e. The SMILES string of the molecule is CC(C)NCCCCS(=O)(=O)NC1CCSC1. The van der Waals surface area contributed by atoms with Crippen LogP contribution in [0.3, 0.4) is 0 Å². The molecule has 6 heteroatoms. The Kier molecular flexibility index (Phi) is 6.84. The maximum Gasteiger partial charge on any atom is 0.211 e. The van der Waals surface area contributed by atoms with Gasteiger partial charge in [-0.25, -0.2) is 13.1 Å². The molecule has 2 N–H and O–H groups in total. The van der Waals surface area contributed by atoms with E-state index in [0.717, 1.165) is 37.3 Å². The fourth-order valence-corrected chi connectivity index (χ4v) is 4.42. The van der Waals surface area contributed by atoms with E-state index >= 15 is 0 Å². The molecule has 0 saturated carbocycles. The molecule has 1 heterocycles. The highest BCUT2D eigenvalue weighted by atomic mass is 32.2. The van der Waals surface area contributed by atoms with Crippen molar-refractivity contribution in [1.82, 2.24) is 10.0 Å². The van der Waals surface area contributed by atoms with Gasteiger partial charge in [0.05, 0.1) is 5.75 Å². The molecule has 1 fully saturated rings. The predicted octanol–water partition coefficient (Wildman–Crippen LogP) is 1.19. The van der Waals surface area contributed by atoms with Crippen molar-refractivity contribution in [2.24, 2.45) is 0 Å². The summed E-state index contributed by atoms with van der Waals surface area (Å²) < 4.78 is 26.3. The zero-order chi connectivity index (χ0) is 12.7. The lowest BCUT2D eigenvalue weighted by Gasteiger charge is -2.12. The normalized spacial score (nSPS) is 21.2. The number of rotatable bonds is 8. The van der Waals surface area contributed by atoms with Crippen molar-refractivity contribution in [1.29, 1.82) is 0 Å². The first-order chi connectivity index (χ1) is 7.99. The molecule has 102 valence electrons. The Bertz CT molecular complexity index is 299. The van der Waals surface area contributed by atoms with Gasteiger partial charge in [0.2, 0.25) is 10.0 Å². The van der Waals surface area contributed by atoms with Crippen molar-refractivity contribution in [3.8, 4) is 0 Å². The van der Waals surface area contributed by atoms with Gasteiger partial charge in [-0.2, -0.15) is 11.8 Å². The second-order valence-corrected chi connectivity index (χ2v) is 7.84. The van der Waals surface area contributed by atoms with E-state index in [1.54, 1.807) is 0 Å². The first-order valence-electron chi connectivity index (χ1n) is 6.31. The third-order valence-electron chi connectivity index (χ3n) is 2.67. The Balaban J connectivity index is 2.11. The number of nitrogens with one attached hydrogen (secondary N) is 2. The average molecular weight is 280 g/mol. The lowest BCUT2D eigenvalue weighted by molar-refractivity contribution is 0.547. The van der Waals surface area contributed by atoms with Gasteiger partial charge in [-0.3, -0.25) is 0 Å². The number of thioether (sulfide) groups is 1. The molecule has 0 bridgehead atoms. The molecule has 1 atom stereocenters. The third kappa shape index (κ3) is 7.28. The van der Waals surface area contributed by atoms with E-state index in [2.05, 4.69) is 23.9 Å². The molecule has 1 saturated heterocycles. The van der Waals surface area contributed by atoms with Gasteiger partial charge in [-0.05, 0) is 31.6 Å². The second kappa shape index (κ2) is 7.61. The van der Waals surface area contributed by atoms with Crippen LogP contribution in [0.5, 0.6) is 0 Å². The summed E-state index contributed by atoms with van der Waals surface area (Å²) in [4.78, 5) is 0. The van der Waals surface area contributed by atoms with Crippen molar-refractivity contribution in [2.75, 3.05) is 23.8 Å². The minimum Gasteiger partial charge on any atom is -0.315 e. The van der Waals surface area contributed by atoms with Crippen molar-refractivity contribution >= 4 is 21.8 Å². The van der Waals surface area contributed by atoms with Crippen LogP contribution < -0.4 is 10.0 Å². The first-order valence-corrected chi connectivity index (χ1v) is 9.11. The Morgan fingerprint density at radius 3 is 2.71 bits per heavy atom. The van der Waals surface area contributed by atoms with E-state index in [-0.39, 0.29) is 11.8 Å². The summed E-state index contributed by atoms with van der Waals surface area (Å²) in [7, 11) is -3.06. The van der Waals surface area contributed by atoms with E-state index in [0.29, 0.717) is 6.04 Å². The molecule has 1 rings (SSSR count). The molecule has 0 aromatic carbocycles. The van der Waals surface area contributed by atoms with Gasteiger partial charge in [0, 0.05) is 17.8 Å². The Morgan fingerprint density at radius 2 is 2.12 bits per heavy atom. The van der Waals surface area contributed by atoms with Gasteiger partial charge in [-0.15, -0.1) is 0 Å². The molecule has 1 unspecified atom stereocenters. The van der Waals surface area contributed by atoms with Crippen LogP contribution in [-0.4, -0.2) is 44.3 Å². The molecule has 1 aliphatic heterocycles.